The maximum absolute atomic E-state index is 11.2. The van der Waals surface area contributed by atoms with Gasteiger partial charge in [0.1, 0.15) is 0 Å². The second-order valence-corrected chi connectivity index (χ2v) is 7.30. The second-order valence-electron chi connectivity index (χ2n) is 6.73. The van der Waals surface area contributed by atoms with Gasteiger partial charge in [-0.25, -0.2) is 0 Å². The lowest BCUT2D eigenvalue weighted by molar-refractivity contribution is -0.119. The zero-order chi connectivity index (χ0) is 17.3. The number of hydrogen-bond acceptors (Lipinski definition) is 2. The van der Waals surface area contributed by atoms with Crippen LogP contribution in [-0.2, 0) is 4.79 Å². The standard InChI is InChI=1S/C19H38BrNO2/c1-3-4-5-6-7-8-9-10-11-12-13-14-15-18(22)17(2)21-19(23)16-20/h17-18,22H,3-16H2,1-2H3,(H,21,23)/t17-,18+/m0/s1. The van der Waals surface area contributed by atoms with Gasteiger partial charge in [-0.15, -0.1) is 0 Å². The van der Waals surface area contributed by atoms with Crippen LogP contribution in [0.2, 0.25) is 0 Å². The van der Waals surface area contributed by atoms with Gasteiger partial charge in [-0.3, -0.25) is 4.79 Å². The van der Waals surface area contributed by atoms with E-state index in [9.17, 15) is 9.90 Å². The lowest BCUT2D eigenvalue weighted by atomic mass is 10.0. The fourth-order valence-corrected chi connectivity index (χ4v) is 3.00. The summed E-state index contributed by atoms with van der Waals surface area (Å²) in [6.45, 7) is 4.13. The van der Waals surface area contributed by atoms with Crippen LogP contribution in [0.3, 0.4) is 0 Å². The van der Waals surface area contributed by atoms with Gasteiger partial charge in [0.2, 0.25) is 5.91 Å². The Hall–Kier alpha value is -0.0900. The van der Waals surface area contributed by atoms with E-state index in [0.29, 0.717) is 5.33 Å². The third-order valence-electron chi connectivity index (χ3n) is 4.44. The molecule has 0 unspecified atom stereocenters. The maximum atomic E-state index is 11.2. The van der Waals surface area contributed by atoms with Gasteiger partial charge in [0.25, 0.3) is 0 Å². The molecule has 0 heterocycles. The Morgan fingerprint density at radius 3 is 1.78 bits per heavy atom. The van der Waals surface area contributed by atoms with Crippen molar-refractivity contribution in [2.75, 3.05) is 5.33 Å². The average molecular weight is 392 g/mol. The third kappa shape index (κ3) is 15.2. The van der Waals surface area contributed by atoms with Crippen LogP contribution in [0.5, 0.6) is 0 Å². The van der Waals surface area contributed by atoms with E-state index in [1.165, 1.54) is 70.6 Å². The normalized spacial score (nSPS) is 13.7. The van der Waals surface area contributed by atoms with Crippen LogP contribution >= 0.6 is 15.9 Å². The van der Waals surface area contributed by atoms with Gasteiger partial charge in [-0.2, -0.15) is 0 Å². The molecule has 1 amide bonds. The molecule has 138 valence electrons. The molecule has 2 N–H and O–H groups in total. The summed E-state index contributed by atoms with van der Waals surface area (Å²) < 4.78 is 0. The van der Waals surface area contributed by atoms with Crippen LogP contribution in [-0.4, -0.2) is 28.5 Å². The summed E-state index contributed by atoms with van der Waals surface area (Å²) in [5, 5.41) is 13.1. The molecule has 0 aromatic carbocycles. The molecule has 0 rings (SSSR count). The van der Waals surface area contributed by atoms with Crippen LogP contribution in [0.1, 0.15) is 97.3 Å². The van der Waals surface area contributed by atoms with Crippen LogP contribution in [0.25, 0.3) is 0 Å². The fourth-order valence-electron chi connectivity index (χ4n) is 2.83. The number of halogens is 1. The van der Waals surface area contributed by atoms with Crippen molar-refractivity contribution in [1.82, 2.24) is 5.32 Å². The Bertz CT molecular complexity index is 274. The molecule has 0 spiro atoms. The monoisotopic (exact) mass is 391 g/mol. The first-order valence-electron chi connectivity index (χ1n) is 9.65. The topological polar surface area (TPSA) is 49.3 Å². The summed E-state index contributed by atoms with van der Waals surface area (Å²) in [6, 6.07) is -0.159. The number of carbonyl (C=O) groups excluding carboxylic acids is 1. The minimum absolute atomic E-state index is 0.0637. The van der Waals surface area contributed by atoms with E-state index in [1.807, 2.05) is 6.92 Å². The molecule has 0 fully saturated rings. The van der Waals surface area contributed by atoms with Crippen LogP contribution < -0.4 is 5.32 Å². The molecule has 0 aromatic rings. The summed E-state index contributed by atoms with van der Waals surface area (Å²) >= 11 is 3.11. The summed E-state index contributed by atoms with van der Waals surface area (Å²) in [5.41, 5.74) is 0. The highest BCUT2D eigenvalue weighted by Gasteiger charge is 2.15. The fraction of sp³-hybridized carbons (Fsp3) is 0.947. The highest BCUT2D eigenvalue weighted by molar-refractivity contribution is 9.09. The minimum atomic E-state index is -0.430. The molecule has 0 bridgehead atoms. The van der Waals surface area contributed by atoms with E-state index >= 15 is 0 Å². The van der Waals surface area contributed by atoms with Gasteiger partial charge >= 0.3 is 0 Å². The second kappa shape index (κ2) is 16.8. The van der Waals surface area contributed by atoms with Crippen molar-refractivity contribution < 1.29 is 9.90 Å². The van der Waals surface area contributed by atoms with Crippen molar-refractivity contribution in [1.29, 1.82) is 0 Å². The summed E-state index contributed by atoms with van der Waals surface area (Å²) in [4.78, 5) is 11.2. The lowest BCUT2D eigenvalue weighted by Gasteiger charge is -2.19. The molecule has 0 radical (unpaired) electrons. The summed E-state index contributed by atoms with van der Waals surface area (Å²) in [5.74, 6) is -0.0637. The van der Waals surface area contributed by atoms with Crippen molar-refractivity contribution in [3.63, 3.8) is 0 Å². The zero-order valence-corrected chi connectivity index (χ0v) is 16.9. The van der Waals surface area contributed by atoms with Crippen molar-refractivity contribution in [3.05, 3.63) is 0 Å². The predicted octanol–water partition coefficient (Wildman–Crippen LogP) is 5.34. The number of rotatable bonds is 16. The highest BCUT2D eigenvalue weighted by atomic mass is 79.9. The van der Waals surface area contributed by atoms with E-state index in [4.69, 9.17) is 0 Å². The summed E-state index contributed by atoms with van der Waals surface area (Å²) in [7, 11) is 0. The van der Waals surface area contributed by atoms with Gasteiger partial charge < -0.3 is 10.4 Å². The molecule has 2 atom stereocenters. The Labute approximate surface area is 152 Å². The molecule has 4 heteroatoms. The number of nitrogens with one attached hydrogen (secondary N) is 1. The van der Waals surface area contributed by atoms with Crippen molar-refractivity contribution >= 4 is 21.8 Å². The largest absolute Gasteiger partial charge is 0.391 e. The van der Waals surface area contributed by atoms with Gasteiger partial charge in [-0.05, 0) is 13.3 Å². The van der Waals surface area contributed by atoms with Crippen molar-refractivity contribution in [2.45, 2.75) is 109 Å². The maximum Gasteiger partial charge on any atom is 0.230 e. The molecule has 0 aliphatic carbocycles. The van der Waals surface area contributed by atoms with Crippen molar-refractivity contribution in [3.8, 4) is 0 Å². The zero-order valence-electron chi connectivity index (χ0n) is 15.3. The number of aliphatic hydroxyl groups excluding tert-OH is 1. The number of aliphatic hydroxyl groups is 1. The van der Waals surface area contributed by atoms with Gasteiger partial charge in [0.05, 0.1) is 17.5 Å². The highest BCUT2D eigenvalue weighted by Crippen LogP contribution is 2.13. The SMILES string of the molecule is CCCCCCCCCCCCCC[C@@H](O)[C@H](C)NC(=O)CBr. The van der Waals surface area contributed by atoms with Gasteiger partial charge in [0, 0.05) is 0 Å². The Morgan fingerprint density at radius 2 is 1.35 bits per heavy atom. The van der Waals surface area contributed by atoms with E-state index in [2.05, 4.69) is 28.2 Å². The molecule has 0 aliphatic rings. The molecule has 3 nitrogen and oxygen atoms in total. The number of hydrogen-bond donors (Lipinski definition) is 2. The molecular formula is C19H38BrNO2. The van der Waals surface area contributed by atoms with Crippen LogP contribution in [0.4, 0.5) is 0 Å². The van der Waals surface area contributed by atoms with E-state index in [0.717, 1.165) is 12.8 Å². The quantitative estimate of drug-likeness (QED) is 0.275. The third-order valence-corrected chi connectivity index (χ3v) is 4.95. The van der Waals surface area contributed by atoms with E-state index in [-0.39, 0.29) is 11.9 Å². The van der Waals surface area contributed by atoms with Crippen LogP contribution in [0.15, 0.2) is 0 Å². The van der Waals surface area contributed by atoms with E-state index in [1.54, 1.807) is 0 Å². The van der Waals surface area contributed by atoms with Gasteiger partial charge in [0.15, 0.2) is 0 Å². The van der Waals surface area contributed by atoms with Crippen LogP contribution in [0, 0.1) is 0 Å². The first kappa shape index (κ1) is 22.9. The smallest absolute Gasteiger partial charge is 0.230 e. The molecule has 23 heavy (non-hydrogen) atoms. The molecule has 0 saturated heterocycles. The first-order chi connectivity index (χ1) is 11.1. The molecule has 0 aromatic heterocycles. The average Bonchev–Trinajstić information content (AvgIpc) is 2.55. The summed E-state index contributed by atoms with van der Waals surface area (Å²) in [6.07, 6.45) is 16.3. The Balaban J connectivity index is 3.30. The van der Waals surface area contributed by atoms with E-state index < -0.39 is 6.10 Å². The molecule has 0 saturated carbocycles. The minimum Gasteiger partial charge on any atom is -0.391 e. The Morgan fingerprint density at radius 1 is 0.913 bits per heavy atom. The number of unbranched alkanes of at least 4 members (excludes halogenated alkanes) is 11. The number of carbonyl (C=O) groups is 1. The molecular weight excluding hydrogens is 354 g/mol. The predicted molar refractivity (Wildman–Crippen MR) is 103 cm³/mol. The number of alkyl halides is 1. The number of amides is 1. The lowest BCUT2D eigenvalue weighted by Crippen LogP contribution is -2.41. The van der Waals surface area contributed by atoms with Crippen molar-refractivity contribution in [2.24, 2.45) is 0 Å². The first-order valence-corrected chi connectivity index (χ1v) is 10.8. The Kier molecular flexibility index (Phi) is 16.7. The van der Waals surface area contributed by atoms with Gasteiger partial charge in [-0.1, -0.05) is 99.9 Å². The molecule has 0 aliphatic heterocycles.